The highest BCUT2D eigenvalue weighted by Crippen LogP contribution is 2.23. The van der Waals surface area contributed by atoms with E-state index in [0.29, 0.717) is 0 Å². The third-order valence-corrected chi connectivity index (χ3v) is 4.39. The number of rotatable bonds is 3. The molecule has 114 valence electrons. The maximum Gasteiger partial charge on any atom is 0.238 e. The van der Waals surface area contributed by atoms with Gasteiger partial charge in [-0.1, -0.05) is 23.7 Å². The topological polar surface area (TPSA) is 65.2 Å². The zero-order chi connectivity index (χ0) is 14.7. The fourth-order valence-electron chi connectivity index (χ4n) is 2.92. The van der Waals surface area contributed by atoms with Gasteiger partial charge in [0.05, 0.1) is 0 Å². The zero-order valence-electron chi connectivity index (χ0n) is 11.9. The Morgan fingerprint density at radius 1 is 1.24 bits per heavy atom. The Morgan fingerprint density at radius 2 is 2.05 bits per heavy atom. The fraction of sp³-hybridized carbons (Fsp3) is 0.533. The normalized spacial score (nSPS) is 29.3. The average molecular weight is 309 g/mol. The third-order valence-electron chi connectivity index (χ3n) is 4.14. The number of amides is 1. The van der Waals surface area contributed by atoms with Gasteiger partial charge in [-0.3, -0.25) is 4.79 Å². The van der Waals surface area contributed by atoms with Gasteiger partial charge < -0.3 is 10.6 Å². The van der Waals surface area contributed by atoms with Crippen molar-refractivity contribution >= 4 is 17.5 Å². The summed E-state index contributed by atoms with van der Waals surface area (Å²) >= 11 is 5.90. The van der Waals surface area contributed by atoms with Crippen LogP contribution in [-0.2, 0) is 4.79 Å². The van der Waals surface area contributed by atoms with E-state index in [9.17, 15) is 4.79 Å². The molecule has 1 amide bonds. The van der Waals surface area contributed by atoms with E-state index in [-0.39, 0.29) is 24.0 Å². The van der Waals surface area contributed by atoms with Gasteiger partial charge in [0.25, 0.3) is 0 Å². The van der Waals surface area contributed by atoms with Crippen LogP contribution in [-0.4, -0.2) is 31.1 Å². The Kier molecular flexibility index (Phi) is 4.75. The van der Waals surface area contributed by atoms with Gasteiger partial charge in [0, 0.05) is 23.7 Å². The number of piperidine rings is 1. The summed E-state index contributed by atoms with van der Waals surface area (Å²) in [6.07, 6.45) is 2.92. The van der Waals surface area contributed by atoms with Gasteiger partial charge in [-0.25, -0.2) is 10.9 Å². The van der Waals surface area contributed by atoms with Crippen molar-refractivity contribution in [3.8, 4) is 0 Å². The first kappa shape index (κ1) is 14.8. The van der Waals surface area contributed by atoms with Crippen molar-refractivity contribution in [3.05, 3.63) is 34.9 Å². The Bertz CT molecular complexity index is 487. The van der Waals surface area contributed by atoms with Crippen LogP contribution in [0.2, 0.25) is 5.02 Å². The number of halogens is 1. The molecular formula is C15H21ClN4O. The van der Waals surface area contributed by atoms with Gasteiger partial charge in [0.2, 0.25) is 5.91 Å². The first-order valence-corrected chi connectivity index (χ1v) is 7.88. The summed E-state index contributed by atoms with van der Waals surface area (Å²) in [7, 11) is 0. The smallest absolute Gasteiger partial charge is 0.238 e. The van der Waals surface area contributed by atoms with Crippen LogP contribution in [0.5, 0.6) is 0 Å². The summed E-state index contributed by atoms with van der Waals surface area (Å²) in [6, 6.07) is 7.94. The first-order valence-electron chi connectivity index (χ1n) is 7.50. The maximum atomic E-state index is 12.3. The lowest BCUT2D eigenvalue weighted by Crippen LogP contribution is -2.51. The van der Waals surface area contributed by atoms with E-state index >= 15 is 0 Å². The molecule has 0 saturated carbocycles. The Morgan fingerprint density at radius 3 is 2.76 bits per heavy atom. The second-order valence-electron chi connectivity index (χ2n) is 5.73. The fourth-order valence-corrected chi connectivity index (χ4v) is 3.04. The molecule has 1 aromatic rings. The number of nitrogens with one attached hydrogen (secondary N) is 4. The van der Waals surface area contributed by atoms with Crippen molar-refractivity contribution in [1.82, 2.24) is 21.5 Å². The van der Waals surface area contributed by atoms with Crippen molar-refractivity contribution in [2.75, 3.05) is 13.1 Å². The molecule has 2 saturated heterocycles. The van der Waals surface area contributed by atoms with Crippen LogP contribution in [0.3, 0.4) is 0 Å². The summed E-state index contributed by atoms with van der Waals surface area (Å²) in [6.45, 7) is 1.92. The average Bonchev–Trinajstić information content (AvgIpc) is 2.99. The number of carbonyl (C=O) groups is 1. The van der Waals surface area contributed by atoms with E-state index in [2.05, 4.69) is 21.5 Å². The van der Waals surface area contributed by atoms with Crippen molar-refractivity contribution in [3.63, 3.8) is 0 Å². The summed E-state index contributed by atoms with van der Waals surface area (Å²) in [5, 5.41) is 7.15. The molecule has 2 aliphatic rings. The highest BCUT2D eigenvalue weighted by atomic mass is 35.5. The van der Waals surface area contributed by atoms with Crippen LogP contribution < -0.4 is 21.5 Å². The standard InChI is InChI=1S/C15H21ClN4O/c16-11-5-3-10(4-6-11)13-8-14(20-19-13)15(21)18-12-2-1-7-17-9-12/h3-6,12-14,17,19-20H,1-2,7-9H2,(H,18,21). The lowest BCUT2D eigenvalue weighted by atomic mass is 10.0. The number of hydrogen-bond acceptors (Lipinski definition) is 4. The zero-order valence-corrected chi connectivity index (χ0v) is 12.6. The predicted molar refractivity (Wildman–Crippen MR) is 82.9 cm³/mol. The Labute approximate surface area is 129 Å². The molecule has 3 atom stereocenters. The minimum Gasteiger partial charge on any atom is -0.351 e. The van der Waals surface area contributed by atoms with E-state index < -0.39 is 0 Å². The molecule has 2 heterocycles. The lowest BCUT2D eigenvalue weighted by molar-refractivity contribution is -0.123. The summed E-state index contributed by atoms with van der Waals surface area (Å²) in [5.41, 5.74) is 7.43. The van der Waals surface area contributed by atoms with Crippen LogP contribution in [0, 0.1) is 0 Å². The molecule has 0 aromatic heterocycles. The molecule has 3 rings (SSSR count). The molecule has 3 unspecified atom stereocenters. The van der Waals surface area contributed by atoms with E-state index in [1.807, 2.05) is 24.3 Å². The molecule has 0 spiro atoms. The van der Waals surface area contributed by atoms with Crippen LogP contribution in [0.4, 0.5) is 0 Å². The molecule has 5 nitrogen and oxygen atoms in total. The minimum absolute atomic E-state index is 0.0765. The van der Waals surface area contributed by atoms with Crippen LogP contribution in [0.15, 0.2) is 24.3 Å². The second-order valence-corrected chi connectivity index (χ2v) is 6.17. The van der Waals surface area contributed by atoms with Gasteiger partial charge in [-0.15, -0.1) is 0 Å². The summed E-state index contributed by atoms with van der Waals surface area (Å²) in [4.78, 5) is 12.3. The Balaban J connectivity index is 1.53. The first-order chi connectivity index (χ1) is 10.2. The quantitative estimate of drug-likeness (QED) is 0.675. The number of benzene rings is 1. The van der Waals surface area contributed by atoms with Gasteiger partial charge >= 0.3 is 0 Å². The molecule has 0 radical (unpaired) electrons. The van der Waals surface area contributed by atoms with Crippen LogP contribution >= 0.6 is 11.6 Å². The highest BCUT2D eigenvalue weighted by molar-refractivity contribution is 6.30. The molecule has 4 N–H and O–H groups in total. The van der Waals surface area contributed by atoms with Gasteiger partial charge in [-0.2, -0.15) is 0 Å². The largest absolute Gasteiger partial charge is 0.351 e. The monoisotopic (exact) mass is 308 g/mol. The molecule has 0 bridgehead atoms. The molecule has 6 heteroatoms. The van der Waals surface area contributed by atoms with Crippen molar-refractivity contribution in [2.24, 2.45) is 0 Å². The van der Waals surface area contributed by atoms with E-state index in [1.54, 1.807) is 0 Å². The van der Waals surface area contributed by atoms with E-state index in [1.165, 1.54) is 0 Å². The Hall–Kier alpha value is -1.14. The number of hydrogen-bond donors (Lipinski definition) is 4. The summed E-state index contributed by atoms with van der Waals surface area (Å²) < 4.78 is 0. The predicted octanol–water partition coefficient (Wildman–Crippen LogP) is 1.12. The van der Waals surface area contributed by atoms with Crippen molar-refractivity contribution < 1.29 is 4.79 Å². The second kappa shape index (κ2) is 6.75. The SMILES string of the molecule is O=C(NC1CCCNC1)C1CC(c2ccc(Cl)cc2)NN1. The van der Waals surface area contributed by atoms with Crippen molar-refractivity contribution in [2.45, 2.75) is 37.4 Å². The number of carbonyl (C=O) groups excluding carboxylic acids is 1. The highest BCUT2D eigenvalue weighted by Gasteiger charge is 2.31. The van der Waals surface area contributed by atoms with Gasteiger partial charge in [-0.05, 0) is 43.5 Å². The molecule has 1 aromatic carbocycles. The molecule has 0 aliphatic carbocycles. The molecular weight excluding hydrogens is 288 g/mol. The van der Waals surface area contributed by atoms with E-state index in [4.69, 9.17) is 11.6 Å². The molecule has 2 fully saturated rings. The molecule has 2 aliphatic heterocycles. The lowest BCUT2D eigenvalue weighted by Gasteiger charge is -2.25. The molecule has 21 heavy (non-hydrogen) atoms. The third kappa shape index (κ3) is 3.74. The van der Waals surface area contributed by atoms with Crippen LogP contribution in [0.25, 0.3) is 0 Å². The minimum atomic E-state index is -0.187. The number of hydrazine groups is 1. The maximum absolute atomic E-state index is 12.3. The van der Waals surface area contributed by atoms with Crippen molar-refractivity contribution in [1.29, 1.82) is 0 Å². The van der Waals surface area contributed by atoms with Gasteiger partial charge in [0.1, 0.15) is 6.04 Å². The summed E-state index contributed by atoms with van der Waals surface area (Å²) in [5.74, 6) is 0.0765. The van der Waals surface area contributed by atoms with E-state index in [0.717, 1.165) is 42.9 Å². The van der Waals surface area contributed by atoms with Crippen LogP contribution in [0.1, 0.15) is 30.9 Å². The van der Waals surface area contributed by atoms with Gasteiger partial charge in [0.15, 0.2) is 0 Å².